The standard InChI is InChI=1S/C16H18ClN/c17-16-9-3-1-2-8-14(16)15-11-18-10-12-6-4-5-7-13(12)15/h4-7,10-11,14,16H,1-3,8-9H2. The van der Waals surface area contributed by atoms with E-state index in [0.717, 1.165) is 6.42 Å². The van der Waals surface area contributed by atoms with Crippen LogP contribution in [-0.2, 0) is 0 Å². The number of hydrogen-bond donors (Lipinski definition) is 0. The minimum atomic E-state index is 0.264. The van der Waals surface area contributed by atoms with Crippen molar-refractivity contribution in [3.8, 4) is 0 Å². The number of benzene rings is 1. The Hall–Kier alpha value is -1.08. The molecule has 0 N–H and O–H groups in total. The van der Waals surface area contributed by atoms with Crippen LogP contribution in [0, 0.1) is 0 Å². The molecule has 0 aliphatic heterocycles. The van der Waals surface area contributed by atoms with E-state index in [1.165, 1.54) is 42.0 Å². The van der Waals surface area contributed by atoms with Gasteiger partial charge in [0.2, 0.25) is 0 Å². The zero-order valence-corrected chi connectivity index (χ0v) is 11.2. The molecule has 94 valence electrons. The summed E-state index contributed by atoms with van der Waals surface area (Å²) < 4.78 is 0. The highest BCUT2D eigenvalue weighted by atomic mass is 35.5. The van der Waals surface area contributed by atoms with Crippen molar-refractivity contribution in [3.63, 3.8) is 0 Å². The van der Waals surface area contributed by atoms with Crippen LogP contribution in [0.5, 0.6) is 0 Å². The van der Waals surface area contributed by atoms with Gasteiger partial charge in [-0.1, -0.05) is 43.5 Å². The van der Waals surface area contributed by atoms with E-state index in [9.17, 15) is 0 Å². The molecule has 18 heavy (non-hydrogen) atoms. The topological polar surface area (TPSA) is 12.9 Å². The van der Waals surface area contributed by atoms with Crippen LogP contribution in [0.1, 0.15) is 43.6 Å². The van der Waals surface area contributed by atoms with Crippen molar-refractivity contribution in [3.05, 3.63) is 42.2 Å². The lowest BCUT2D eigenvalue weighted by Gasteiger charge is -2.21. The predicted molar refractivity (Wildman–Crippen MR) is 77.2 cm³/mol. The Morgan fingerprint density at radius 3 is 2.78 bits per heavy atom. The molecule has 0 amide bonds. The summed E-state index contributed by atoms with van der Waals surface area (Å²) in [6, 6.07) is 8.50. The highest BCUT2D eigenvalue weighted by Gasteiger charge is 2.24. The molecule has 1 aromatic heterocycles. The van der Waals surface area contributed by atoms with Gasteiger partial charge >= 0.3 is 0 Å². The van der Waals surface area contributed by atoms with Crippen LogP contribution < -0.4 is 0 Å². The molecule has 1 aliphatic carbocycles. The lowest BCUT2D eigenvalue weighted by molar-refractivity contribution is 0.602. The molecule has 1 fully saturated rings. The molecule has 1 nitrogen and oxygen atoms in total. The highest BCUT2D eigenvalue weighted by molar-refractivity contribution is 6.21. The minimum Gasteiger partial charge on any atom is -0.264 e. The number of fused-ring (bicyclic) bond motifs is 1. The summed E-state index contributed by atoms with van der Waals surface area (Å²) in [6.07, 6.45) is 10.2. The van der Waals surface area contributed by atoms with E-state index >= 15 is 0 Å². The second kappa shape index (κ2) is 5.27. The molecular weight excluding hydrogens is 242 g/mol. The fourth-order valence-electron chi connectivity index (χ4n) is 3.05. The van der Waals surface area contributed by atoms with Crippen molar-refractivity contribution in [2.45, 2.75) is 43.4 Å². The van der Waals surface area contributed by atoms with Gasteiger partial charge in [-0.2, -0.15) is 0 Å². The van der Waals surface area contributed by atoms with E-state index in [0.29, 0.717) is 5.92 Å². The largest absolute Gasteiger partial charge is 0.264 e. The Labute approximate surface area is 113 Å². The van der Waals surface area contributed by atoms with Gasteiger partial charge in [-0.15, -0.1) is 11.6 Å². The number of halogens is 1. The van der Waals surface area contributed by atoms with Crippen LogP contribution in [0.25, 0.3) is 10.8 Å². The van der Waals surface area contributed by atoms with Gasteiger partial charge in [-0.05, 0) is 23.8 Å². The normalized spacial score (nSPS) is 24.9. The first-order valence-electron chi connectivity index (χ1n) is 6.83. The third kappa shape index (κ3) is 2.24. The van der Waals surface area contributed by atoms with E-state index in [1.807, 2.05) is 12.4 Å². The summed E-state index contributed by atoms with van der Waals surface area (Å²) >= 11 is 6.59. The quantitative estimate of drug-likeness (QED) is 0.525. The van der Waals surface area contributed by atoms with Crippen LogP contribution in [0.2, 0.25) is 0 Å². The second-order valence-electron chi connectivity index (χ2n) is 5.21. The summed E-state index contributed by atoms with van der Waals surface area (Å²) in [5, 5.41) is 2.81. The van der Waals surface area contributed by atoms with Gasteiger partial charge in [0, 0.05) is 29.1 Å². The maximum Gasteiger partial charge on any atom is 0.0405 e. The summed E-state index contributed by atoms with van der Waals surface area (Å²) in [4.78, 5) is 4.39. The molecule has 0 spiro atoms. The van der Waals surface area contributed by atoms with Crippen LogP contribution in [0.4, 0.5) is 0 Å². The van der Waals surface area contributed by atoms with Crippen LogP contribution in [-0.4, -0.2) is 10.4 Å². The Morgan fingerprint density at radius 1 is 1.00 bits per heavy atom. The second-order valence-corrected chi connectivity index (χ2v) is 5.77. The predicted octanol–water partition coefficient (Wildman–Crippen LogP) is 4.89. The molecule has 0 saturated heterocycles. The van der Waals surface area contributed by atoms with Gasteiger partial charge in [-0.3, -0.25) is 4.98 Å². The average molecular weight is 260 g/mol. The monoisotopic (exact) mass is 259 g/mol. The molecule has 3 rings (SSSR count). The van der Waals surface area contributed by atoms with Gasteiger partial charge in [0.1, 0.15) is 0 Å². The maximum absolute atomic E-state index is 6.59. The van der Waals surface area contributed by atoms with E-state index in [1.54, 1.807) is 0 Å². The molecule has 2 heteroatoms. The number of nitrogens with zero attached hydrogens (tertiary/aromatic N) is 1. The first kappa shape index (κ1) is 12.0. The lowest BCUT2D eigenvalue weighted by Crippen LogP contribution is -2.12. The molecule has 0 radical (unpaired) electrons. The van der Waals surface area contributed by atoms with Crippen LogP contribution in [0.3, 0.4) is 0 Å². The third-order valence-corrected chi connectivity index (χ3v) is 4.55. The van der Waals surface area contributed by atoms with Crippen molar-refractivity contribution in [2.24, 2.45) is 0 Å². The van der Waals surface area contributed by atoms with E-state index in [-0.39, 0.29) is 5.38 Å². The lowest BCUT2D eigenvalue weighted by atomic mass is 9.89. The van der Waals surface area contributed by atoms with Gasteiger partial charge in [-0.25, -0.2) is 0 Å². The Balaban J connectivity index is 2.07. The fourth-order valence-corrected chi connectivity index (χ4v) is 3.46. The highest BCUT2D eigenvalue weighted by Crippen LogP contribution is 2.37. The van der Waals surface area contributed by atoms with Crippen molar-refractivity contribution in [1.82, 2.24) is 4.98 Å². The van der Waals surface area contributed by atoms with E-state index in [4.69, 9.17) is 11.6 Å². The third-order valence-electron chi connectivity index (χ3n) is 4.03. The smallest absolute Gasteiger partial charge is 0.0405 e. The number of alkyl halides is 1. The summed E-state index contributed by atoms with van der Waals surface area (Å²) in [5.41, 5.74) is 1.34. The molecule has 1 heterocycles. The molecule has 1 saturated carbocycles. The Bertz CT molecular complexity index is 532. The molecule has 1 aromatic carbocycles. The molecule has 2 unspecified atom stereocenters. The zero-order valence-electron chi connectivity index (χ0n) is 10.5. The number of pyridine rings is 1. The number of hydrogen-bond acceptors (Lipinski definition) is 1. The minimum absolute atomic E-state index is 0.264. The van der Waals surface area contributed by atoms with Crippen molar-refractivity contribution in [2.75, 3.05) is 0 Å². The molecule has 2 atom stereocenters. The Kier molecular flexibility index (Phi) is 3.51. The zero-order chi connectivity index (χ0) is 12.4. The molecule has 1 aliphatic rings. The van der Waals surface area contributed by atoms with E-state index in [2.05, 4.69) is 29.2 Å². The van der Waals surface area contributed by atoms with Crippen molar-refractivity contribution in [1.29, 1.82) is 0 Å². The van der Waals surface area contributed by atoms with Crippen molar-refractivity contribution >= 4 is 22.4 Å². The van der Waals surface area contributed by atoms with Gasteiger partial charge < -0.3 is 0 Å². The number of rotatable bonds is 1. The molecule has 2 aromatic rings. The summed E-state index contributed by atoms with van der Waals surface area (Å²) in [7, 11) is 0. The maximum atomic E-state index is 6.59. The SMILES string of the molecule is ClC1CCCCCC1c1cncc2ccccc12. The fraction of sp³-hybridized carbons (Fsp3) is 0.438. The van der Waals surface area contributed by atoms with Gasteiger partial charge in [0.15, 0.2) is 0 Å². The Morgan fingerprint density at radius 2 is 1.83 bits per heavy atom. The summed E-state index contributed by atoms with van der Waals surface area (Å²) in [6.45, 7) is 0. The van der Waals surface area contributed by atoms with E-state index < -0.39 is 0 Å². The van der Waals surface area contributed by atoms with Crippen molar-refractivity contribution < 1.29 is 0 Å². The van der Waals surface area contributed by atoms with Crippen LogP contribution >= 0.6 is 11.6 Å². The first-order valence-corrected chi connectivity index (χ1v) is 7.26. The summed E-state index contributed by atoms with van der Waals surface area (Å²) in [5.74, 6) is 0.466. The van der Waals surface area contributed by atoms with Crippen LogP contribution in [0.15, 0.2) is 36.7 Å². The number of aromatic nitrogens is 1. The molecule has 0 bridgehead atoms. The van der Waals surface area contributed by atoms with Gasteiger partial charge in [0.25, 0.3) is 0 Å². The molecular formula is C16H18ClN. The average Bonchev–Trinajstić information content (AvgIpc) is 2.63. The van der Waals surface area contributed by atoms with Gasteiger partial charge in [0.05, 0.1) is 0 Å². The first-order chi connectivity index (χ1) is 8.86.